The number of nitrogens with zero attached hydrogens (tertiary/aromatic N) is 2. The summed E-state index contributed by atoms with van der Waals surface area (Å²) >= 11 is 1.58. The van der Waals surface area contributed by atoms with Gasteiger partial charge in [0.1, 0.15) is 18.7 Å². The maximum absolute atomic E-state index is 13.6. The second-order valence-electron chi connectivity index (χ2n) is 10.9. The van der Waals surface area contributed by atoms with Crippen LogP contribution in [0.25, 0.3) is 10.4 Å². The molecule has 0 saturated carbocycles. The summed E-state index contributed by atoms with van der Waals surface area (Å²) < 4.78 is 10.6. The first-order valence-electron chi connectivity index (χ1n) is 13.4. The van der Waals surface area contributed by atoms with Crippen molar-refractivity contribution in [1.82, 2.24) is 20.5 Å². The lowest BCUT2D eigenvalue weighted by molar-refractivity contribution is -0.144. The fourth-order valence-electron chi connectivity index (χ4n) is 4.45. The van der Waals surface area contributed by atoms with E-state index in [1.807, 2.05) is 57.5 Å². The lowest BCUT2D eigenvalue weighted by atomic mass is 9.85. The third kappa shape index (κ3) is 10.7. The van der Waals surface area contributed by atoms with Gasteiger partial charge in [-0.05, 0) is 23.5 Å². The summed E-state index contributed by atoms with van der Waals surface area (Å²) in [5.41, 5.74) is 9.47. The molecule has 1 saturated heterocycles. The van der Waals surface area contributed by atoms with Crippen molar-refractivity contribution in [2.75, 3.05) is 39.5 Å². The molecule has 236 valence electrons. The lowest BCUT2D eigenvalue weighted by Gasteiger charge is -2.35. The van der Waals surface area contributed by atoms with E-state index in [2.05, 4.69) is 15.6 Å². The van der Waals surface area contributed by atoms with Gasteiger partial charge in [0.25, 0.3) is 0 Å². The number of hydrogen-bond acceptors (Lipinski definition) is 9. The minimum Gasteiger partial charge on any atom is -0.391 e. The third-order valence-corrected chi connectivity index (χ3v) is 7.56. The van der Waals surface area contributed by atoms with E-state index in [1.165, 1.54) is 4.90 Å². The summed E-state index contributed by atoms with van der Waals surface area (Å²) in [7, 11) is 0. The summed E-state index contributed by atoms with van der Waals surface area (Å²) in [4.78, 5) is 46.1. The molecule has 0 spiro atoms. The summed E-state index contributed by atoms with van der Waals surface area (Å²) in [6.07, 6.45) is -0.715. The highest BCUT2D eigenvalue weighted by Gasteiger charge is 2.44. The Balaban J connectivity index is 0.00000441. The Labute approximate surface area is 263 Å². The van der Waals surface area contributed by atoms with Gasteiger partial charge in [0, 0.05) is 26.1 Å². The Kier molecular flexibility index (Phi) is 15.9. The molecule has 2 heterocycles. The molecule has 0 radical (unpaired) electrons. The fraction of sp³-hybridized carbons (Fsp3) is 0.571. The zero-order chi connectivity index (χ0) is 29.3. The molecule has 0 bridgehead atoms. The first-order chi connectivity index (χ1) is 19.0. The number of amides is 3. The SMILES string of the molecule is Cc1ncsc1-c1ccc(CNC(=O)C2CC(O)CN2C(=O)C(NC(=O)COCCOCCN)C(C)(C)C)cc1.Cl.Cl. The molecule has 3 rings (SSSR count). The number of aliphatic hydroxyl groups excluding tert-OH is 1. The van der Waals surface area contributed by atoms with Crippen molar-refractivity contribution >= 4 is 53.9 Å². The van der Waals surface area contributed by atoms with Gasteiger partial charge in [-0.3, -0.25) is 14.4 Å². The second kappa shape index (κ2) is 17.7. The summed E-state index contributed by atoms with van der Waals surface area (Å²) in [6, 6.07) is 6.10. The number of nitrogens with one attached hydrogen (secondary N) is 2. The number of halogens is 2. The summed E-state index contributed by atoms with van der Waals surface area (Å²) in [5.74, 6) is -1.23. The highest BCUT2D eigenvalue weighted by Crippen LogP contribution is 2.28. The molecule has 0 aliphatic carbocycles. The number of nitrogens with two attached hydrogens (primary N) is 1. The maximum Gasteiger partial charge on any atom is 0.246 e. The molecule has 3 atom stereocenters. The van der Waals surface area contributed by atoms with Crippen LogP contribution in [0, 0.1) is 12.3 Å². The van der Waals surface area contributed by atoms with Crippen LogP contribution in [0.5, 0.6) is 0 Å². The van der Waals surface area contributed by atoms with Crippen LogP contribution in [0.15, 0.2) is 29.8 Å². The van der Waals surface area contributed by atoms with Gasteiger partial charge < -0.3 is 35.8 Å². The van der Waals surface area contributed by atoms with Gasteiger partial charge in [-0.25, -0.2) is 4.98 Å². The third-order valence-electron chi connectivity index (χ3n) is 6.58. The molecule has 42 heavy (non-hydrogen) atoms. The van der Waals surface area contributed by atoms with Gasteiger partial charge in [0.15, 0.2) is 0 Å². The van der Waals surface area contributed by atoms with Crippen LogP contribution >= 0.6 is 36.2 Å². The number of aryl methyl sites for hydroxylation is 1. The van der Waals surface area contributed by atoms with Crippen molar-refractivity contribution in [3.63, 3.8) is 0 Å². The molecule has 1 fully saturated rings. The number of hydrogen-bond donors (Lipinski definition) is 4. The van der Waals surface area contributed by atoms with E-state index in [0.717, 1.165) is 21.7 Å². The number of aliphatic hydroxyl groups is 1. The van der Waals surface area contributed by atoms with E-state index in [-0.39, 0.29) is 63.4 Å². The molecule has 1 aliphatic heterocycles. The molecule has 11 nitrogen and oxygen atoms in total. The van der Waals surface area contributed by atoms with Crippen LogP contribution in [0.1, 0.15) is 38.4 Å². The van der Waals surface area contributed by atoms with Gasteiger partial charge in [-0.2, -0.15) is 0 Å². The zero-order valence-corrected chi connectivity index (χ0v) is 26.9. The maximum atomic E-state index is 13.6. The summed E-state index contributed by atoms with van der Waals surface area (Å²) in [6.45, 7) is 8.85. The second-order valence-corrected chi connectivity index (χ2v) is 11.8. The Morgan fingerprint density at radius 2 is 1.81 bits per heavy atom. The van der Waals surface area contributed by atoms with Crippen molar-refractivity contribution in [1.29, 1.82) is 0 Å². The monoisotopic (exact) mass is 647 g/mol. The van der Waals surface area contributed by atoms with Gasteiger partial charge in [0.05, 0.1) is 42.0 Å². The smallest absolute Gasteiger partial charge is 0.246 e. The van der Waals surface area contributed by atoms with E-state index in [4.69, 9.17) is 15.2 Å². The minimum atomic E-state index is -0.916. The standard InChI is InChI=1S/C28H41N5O6S.2ClH/c1-18-24(40-17-31-18)20-7-5-19(6-8-20)14-30-26(36)22-13-21(34)15-33(22)27(37)25(28(2,3)4)32-23(35)16-39-12-11-38-10-9-29;;/h5-8,17,21-22,25,34H,9-16,29H2,1-4H3,(H,30,36)(H,32,35);2*1H. The Morgan fingerprint density at radius 1 is 1.14 bits per heavy atom. The Hall–Kier alpha value is -2.32. The van der Waals surface area contributed by atoms with Crippen LogP contribution in [-0.2, 0) is 30.4 Å². The molecule has 3 amide bonds. The number of aromatic nitrogens is 1. The van der Waals surface area contributed by atoms with Gasteiger partial charge >= 0.3 is 0 Å². The van der Waals surface area contributed by atoms with Gasteiger partial charge in [-0.15, -0.1) is 36.2 Å². The molecule has 5 N–H and O–H groups in total. The molecule has 3 unspecified atom stereocenters. The predicted molar refractivity (Wildman–Crippen MR) is 167 cm³/mol. The van der Waals surface area contributed by atoms with E-state index < -0.39 is 35.4 Å². The van der Waals surface area contributed by atoms with E-state index >= 15 is 0 Å². The Morgan fingerprint density at radius 3 is 2.40 bits per heavy atom. The minimum absolute atomic E-state index is 0. The zero-order valence-electron chi connectivity index (χ0n) is 24.5. The highest BCUT2D eigenvalue weighted by atomic mass is 35.5. The van der Waals surface area contributed by atoms with Crippen LogP contribution in [0.4, 0.5) is 0 Å². The molecule has 2 aromatic rings. The molecular formula is C28H43Cl2N5O6S. The number of rotatable bonds is 13. The van der Waals surface area contributed by atoms with Crippen LogP contribution in [0.2, 0.25) is 0 Å². The normalized spacial score (nSPS) is 17.1. The molecule has 14 heteroatoms. The van der Waals surface area contributed by atoms with E-state index in [1.54, 1.807) is 11.3 Å². The van der Waals surface area contributed by atoms with E-state index in [0.29, 0.717) is 19.8 Å². The van der Waals surface area contributed by atoms with Crippen molar-refractivity contribution in [3.05, 3.63) is 41.0 Å². The number of β-amino-alcohol motifs (C(OH)–C–C–N with tert-alkyl or cyclic N) is 1. The lowest BCUT2D eigenvalue weighted by Crippen LogP contribution is -2.58. The van der Waals surface area contributed by atoms with Crippen LogP contribution in [0.3, 0.4) is 0 Å². The van der Waals surface area contributed by atoms with E-state index in [9.17, 15) is 19.5 Å². The number of likely N-dealkylation sites (tertiary alicyclic amines) is 1. The summed E-state index contributed by atoms with van der Waals surface area (Å²) in [5, 5.41) is 16.0. The van der Waals surface area contributed by atoms with Crippen LogP contribution < -0.4 is 16.4 Å². The van der Waals surface area contributed by atoms with Crippen molar-refractivity contribution in [2.45, 2.75) is 58.8 Å². The van der Waals surface area contributed by atoms with Crippen molar-refractivity contribution < 1.29 is 29.0 Å². The molecule has 1 aromatic carbocycles. The fourth-order valence-corrected chi connectivity index (χ4v) is 5.26. The quantitative estimate of drug-likeness (QED) is 0.241. The highest BCUT2D eigenvalue weighted by molar-refractivity contribution is 7.13. The average Bonchev–Trinajstić information content (AvgIpc) is 3.52. The number of carbonyl (C=O) groups excluding carboxylic acids is 3. The first-order valence-corrected chi connectivity index (χ1v) is 14.3. The number of benzene rings is 1. The predicted octanol–water partition coefficient (Wildman–Crippen LogP) is 2.06. The number of thiazole rings is 1. The topological polar surface area (TPSA) is 156 Å². The largest absolute Gasteiger partial charge is 0.391 e. The average molecular weight is 649 g/mol. The number of carbonyl (C=O) groups is 3. The Bertz CT molecular complexity index is 1140. The first kappa shape index (κ1) is 37.7. The van der Waals surface area contributed by atoms with Crippen molar-refractivity contribution in [2.24, 2.45) is 11.1 Å². The van der Waals surface area contributed by atoms with Gasteiger partial charge in [0.2, 0.25) is 17.7 Å². The molecule has 1 aromatic heterocycles. The number of ether oxygens (including phenoxy) is 2. The molecular weight excluding hydrogens is 605 g/mol. The van der Waals surface area contributed by atoms with Crippen molar-refractivity contribution in [3.8, 4) is 10.4 Å². The van der Waals surface area contributed by atoms with Gasteiger partial charge in [-0.1, -0.05) is 45.0 Å². The van der Waals surface area contributed by atoms with Crippen LogP contribution in [-0.4, -0.2) is 90.4 Å². The molecule has 1 aliphatic rings.